The van der Waals surface area contributed by atoms with E-state index in [1.54, 1.807) is 24.5 Å². The van der Waals surface area contributed by atoms with Gasteiger partial charge in [0.05, 0.1) is 18.1 Å². The highest BCUT2D eigenvalue weighted by Gasteiger charge is 2.39. The van der Waals surface area contributed by atoms with E-state index in [1.165, 1.54) is 32.2 Å². The van der Waals surface area contributed by atoms with E-state index in [1.807, 2.05) is 13.8 Å². The number of aromatic hydroxyl groups is 1. The lowest BCUT2D eigenvalue weighted by Crippen LogP contribution is -2.60. The standard InChI is InChI=1S/C27H35N5O7/c1-14(2)11-19-27(38)39-16(4)21(32-26(37)22-20(33)8-6-10-29-22)25(36)30-18(12-17-7-5-9-28-13-17)23(34)15(3)24(35)31-19/h5-10,13-16,18-19,21,23,33-34H,11-12H2,1-4H3,(H,30,36)(H,31,35)(H,32,37)/t15-,16-,18+,19?,21+,23+/m1/s1. The number of esters is 1. The Bertz CT molecular complexity index is 1180. The summed E-state index contributed by atoms with van der Waals surface area (Å²) in [7, 11) is 0. The number of nitrogens with zero attached hydrogens (tertiary/aromatic N) is 2. The van der Waals surface area contributed by atoms with Crippen LogP contribution in [0.3, 0.4) is 0 Å². The van der Waals surface area contributed by atoms with Crippen molar-refractivity contribution in [1.82, 2.24) is 25.9 Å². The van der Waals surface area contributed by atoms with E-state index in [0.717, 1.165) is 0 Å². The first kappa shape index (κ1) is 29.5. The van der Waals surface area contributed by atoms with E-state index >= 15 is 0 Å². The quantitative estimate of drug-likeness (QED) is 0.325. The minimum absolute atomic E-state index is 0.00977. The van der Waals surface area contributed by atoms with Crippen LogP contribution in [0.1, 0.15) is 50.2 Å². The van der Waals surface area contributed by atoms with E-state index in [2.05, 4.69) is 25.9 Å². The predicted octanol–water partition coefficient (Wildman–Crippen LogP) is 0.481. The molecule has 0 saturated carbocycles. The molecule has 1 aliphatic rings. The van der Waals surface area contributed by atoms with Crippen molar-refractivity contribution in [3.63, 3.8) is 0 Å². The smallest absolute Gasteiger partial charge is 0.328 e. The molecule has 1 fully saturated rings. The third-order valence-electron chi connectivity index (χ3n) is 6.49. The van der Waals surface area contributed by atoms with Crippen LogP contribution in [0.5, 0.6) is 5.75 Å². The summed E-state index contributed by atoms with van der Waals surface area (Å²) >= 11 is 0. The minimum Gasteiger partial charge on any atom is -0.505 e. The van der Waals surface area contributed by atoms with E-state index < -0.39 is 65.7 Å². The molecule has 0 spiro atoms. The van der Waals surface area contributed by atoms with Gasteiger partial charge in [-0.2, -0.15) is 0 Å². The lowest BCUT2D eigenvalue weighted by molar-refractivity contribution is -0.156. The van der Waals surface area contributed by atoms with Gasteiger partial charge < -0.3 is 30.9 Å². The normalized spacial score (nSPS) is 26.5. The molecular weight excluding hydrogens is 506 g/mol. The van der Waals surface area contributed by atoms with E-state index in [4.69, 9.17) is 4.74 Å². The summed E-state index contributed by atoms with van der Waals surface area (Å²) in [5.74, 6) is -4.38. The summed E-state index contributed by atoms with van der Waals surface area (Å²) in [4.78, 5) is 60.6. The van der Waals surface area contributed by atoms with Gasteiger partial charge in [-0.1, -0.05) is 26.8 Å². The zero-order valence-electron chi connectivity index (χ0n) is 22.3. The average Bonchev–Trinajstić information content (AvgIpc) is 2.89. The monoisotopic (exact) mass is 541 g/mol. The second kappa shape index (κ2) is 13.1. The van der Waals surface area contributed by atoms with Gasteiger partial charge in [-0.15, -0.1) is 0 Å². The van der Waals surface area contributed by atoms with E-state index in [0.29, 0.717) is 5.56 Å². The molecule has 1 unspecified atom stereocenters. The van der Waals surface area contributed by atoms with Crippen LogP contribution in [-0.2, 0) is 25.5 Å². The number of hydrogen-bond donors (Lipinski definition) is 5. The first-order valence-electron chi connectivity index (χ1n) is 12.8. The number of carbonyl (C=O) groups is 4. The van der Waals surface area contributed by atoms with E-state index in [9.17, 15) is 29.4 Å². The van der Waals surface area contributed by atoms with Crippen LogP contribution in [-0.4, -0.2) is 74.2 Å². The number of nitrogens with one attached hydrogen (secondary N) is 3. The van der Waals surface area contributed by atoms with Crippen molar-refractivity contribution >= 4 is 23.7 Å². The topological polar surface area (TPSA) is 180 Å². The second-order valence-corrected chi connectivity index (χ2v) is 10.1. The van der Waals surface area contributed by atoms with Gasteiger partial charge in [-0.05, 0) is 49.4 Å². The first-order valence-corrected chi connectivity index (χ1v) is 12.8. The molecule has 12 heteroatoms. The highest BCUT2D eigenvalue weighted by Crippen LogP contribution is 2.18. The molecular formula is C27H35N5O7. The maximum atomic E-state index is 13.6. The molecule has 0 radical (unpaired) electrons. The molecule has 2 aromatic heterocycles. The number of aliphatic hydroxyl groups is 1. The highest BCUT2D eigenvalue weighted by molar-refractivity contribution is 5.98. The molecule has 6 atom stereocenters. The van der Waals surface area contributed by atoms with Crippen LogP contribution in [0.4, 0.5) is 0 Å². The SMILES string of the molecule is CC(C)CC1NC(=O)[C@H](C)[C@H](O)[C@H](Cc2cccnc2)NC(=O)[C@@H](NC(=O)c2ncccc2O)[C@@H](C)OC1=O. The van der Waals surface area contributed by atoms with Gasteiger partial charge >= 0.3 is 5.97 Å². The van der Waals surface area contributed by atoms with Crippen LogP contribution in [0.2, 0.25) is 0 Å². The van der Waals surface area contributed by atoms with Crippen LogP contribution in [0.15, 0.2) is 42.9 Å². The number of pyridine rings is 2. The summed E-state index contributed by atoms with van der Waals surface area (Å²) in [6, 6.07) is 2.76. The van der Waals surface area contributed by atoms with Gasteiger partial charge in [0.15, 0.2) is 5.69 Å². The lowest BCUT2D eigenvalue weighted by Gasteiger charge is -2.33. The molecule has 39 heavy (non-hydrogen) atoms. The fourth-order valence-corrected chi connectivity index (χ4v) is 4.31. The number of aliphatic hydroxyl groups excluding tert-OH is 1. The molecule has 3 rings (SSSR count). The van der Waals surface area contributed by atoms with Crippen LogP contribution >= 0.6 is 0 Å². The number of amides is 3. The third-order valence-corrected chi connectivity index (χ3v) is 6.49. The molecule has 2 aromatic rings. The molecule has 1 aliphatic heterocycles. The second-order valence-electron chi connectivity index (χ2n) is 10.1. The van der Waals surface area contributed by atoms with Crippen LogP contribution in [0, 0.1) is 11.8 Å². The molecule has 12 nitrogen and oxygen atoms in total. The molecule has 3 heterocycles. The van der Waals surface area contributed by atoms with E-state index in [-0.39, 0.29) is 24.5 Å². The van der Waals surface area contributed by atoms with Crippen molar-refractivity contribution in [3.05, 3.63) is 54.1 Å². The van der Waals surface area contributed by atoms with Gasteiger partial charge in [0, 0.05) is 18.6 Å². The van der Waals surface area contributed by atoms with Crippen molar-refractivity contribution in [1.29, 1.82) is 0 Å². The number of hydrogen-bond acceptors (Lipinski definition) is 9. The summed E-state index contributed by atoms with van der Waals surface area (Å²) in [5, 5.41) is 29.1. The molecule has 0 bridgehead atoms. The van der Waals surface area contributed by atoms with Crippen molar-refractivity contribution in [2.24, 2.45) is 11.8 Å². The Hall–Kier alpha value is -4.06. The minimum atomic E-state index is -1.42. The lowest BCUT2D eigenvalue weighted by atomic mass is 9.91. The summed E-state index contributed by atoms with van der Waals surface area (Å²) in [6.07, 6.45) is 2.31. The Morgan fingerprint density at radius 3 is 2.46 bits per heavy atom. The van der Waals surface area contributed by atoms with Crippen molar-refractivity contribution in [2.45, 2.75) is 70.9 Å². The molecule has 210 valence electrons. The molecule has 3 amide bonds. The van der Waals surface area contributed by atoms with Gasteiger partial charge in [-0.25, -0.2) is 9.78 Å². The van der Waals surface area contributed by atoms with Gasteiger partial charge in [0.25, 0.3) is 5.91 Å². The molecule has 5 N–H and O–H groups in total. The van der Waals surface area contributed by atoms with Gasteiger partial charge in [-0.3, -0.25) is 19.4 Å². The third kappa shape index (κ3) is 7.73. The highest BCUT2D eigenvalue weighted by atomic mass is 16.5. The zero-order valence-corrected chi connectivity index (χ0v) is 22.3. The Labute approximate surface area is 226 Å². The average molecular weight is 542 g/mol. The fourth-order valence-electron chi connectivity index (χ4n) is 4.31. The number of aromatic nitrogens is 2. The Morgan fingerprint density at radius 2 is 1.82 bits per heavy atom. The number of ether oxygens (including phenoxy) is 1. The van der Waals surface area contributed by atoms with Crippen molar-refractivity contribution in [2.75, 3.05) is 0 Å². The number of carbonyl (C=O) groups excluding carboxylic acids is 4. The first-order chi connectivity index (χ1) is 18.5. The summed E-state index contributed by atoms with van der Waals surface area (Å²) in [6.45, 7) is 6.67. The fraction of sp³-hybridized carbons (Fsp3) is 0.481. The Kier molecular flexibility index (Phi) is 9.94. The number of cyclic esters (lactones) is 1. The summed E-state index contributed by atoms with van der Waals surface area (Å²) < 4.78 is 5.57. The molecule has 0 aromatic carbocycles. The molecule has 1 saturated heterocycles. The van der Waals surface area contributed by atoms with Gasteiger partial charge in [0.1, 0.15) is 23.9 Å². The maximum absolute atomic E-state index is 13.6. The Balaban J connectivity index is 1.99. The maximum Gasteiger partial charge on any atom is 0.328 e. The van der Waals surface area contributed by atoms with Gasteiger partial charge in [0.2, 0.25) is 11.8 Å². The number of rotatable bonds is 6. The summed E-state index contributed by atoms with van der Waals surface area (Å²) in [5.41, 5.74) is 0.373. The van der Waals surface area contributed by atoms with Crippen LogP contribution in [0.25, 0.3) is 0 Å². The Morgan fingerprint density at radius 1 is 1.10 bits per heavy atom. The van der Waals surface area contributed by atoms with Crippen molar-refractivity contribution in [3.8, 4) is 5.75 Å². The zero-order chi connectivity index (χ0) is 28.7. The largest absolute Gasteiger partial charge is 0.505 e. The van der Waals surface area contributed by atoms with Crippen molar-refractivity contribution < 1.29 is 34.1 Å². The molecule has 0 aliphatic carbocycles. The van der Waals surface area contributed by atoms with Crippen LogP contribution < -0.4 is 16.0 Å². The predicted molar refractivity (Wildman–Crippen MR) is 139 cm³/mol.